The van der Waals surface area contributed by atoms with E-state index in [2.05, 4.69) is 5.32 Å². The molecule has 0 aliphatic rings. The van der Waals surface area contributed by atoms with Gasteiger partial charge in [0.1, 0.15) is 5.75 Å². The lowest BCUT2D eigenvalue weighted by Gasteiger charge is -2.07. The number of benzene rings is 2. The number of amides is 1. The Morgan fingerprint density at radius 1 is 1.10 bits per heavy atom. The maximum absolute atomic E-state index is 12.3. The minimum atomic E-state index is -0.392. The average Bonchev–Trinajstić information content (AvgIpc) is 2.46. The number of carbonyl (C=O) groups excluding carboxylic acids is 2. The second-order valence-electron chi connectivity index (χ2n) is 4.12. The van der Waals surface area contributed by atoms with Crippen molar-refractivity contribution in [3.05, 3.63) is 64.2 Å². The predicted octanol–water partition coefficient (Wildman–Crippen LogP) is 2.64. The lowest BCUT2D eigenvalue weighted by atomic mass is 10.0. The number of ketones is 1. The van der Waals surface area contributed by atoms with E-state index >= 15 is 0 Å². The molecule has 2 rings (SSSR count). The van der Waals surface area contributed by atoms with Crippen molar-refractivity contribution in [2.24, 2.45) is 0 Å². The third-order valence-corrected chi connectivity index (χ3v) is 3.16. The predicted molar refractivity (Wildman–Crippen MR) is 76.4 cm³/mol. The number of carbonyl (C=O) groups is 2. The summed E-state index contributed by atoms with van der Waals surface area (Å²) in [6.07, 6.45) is 0. The summed E-state index contributed by atoms with van der Waals surface area (Å²) in [5.41, 5.74) is 0.772. The maximum Gasteiger partial charge on any atom is 0.251 e. The highest BCUT2D eigenvalue weighted by Gasteiger charge is 2.17. The van der Waals surface area contributed by atoms with Crippen molar-refractivity contribution < 1.29 is 14.7 Å². The Morgan fingerprint density at radius 3 is 2.40 bits per heavy atom. The number of phenolic OH excluding ortho intramolecular Hbond substituents is 1. The van der Waals surface area contributed by atoms with Crippen LogP contribution in [0.15, 0.2) is 42.5 Å². The Labute approximate surface area is 121 Å². The highest BCUT2D eigenvalue weighted by atomic mass is 35.5. The summed E-state index contributed by atoms with van der Waals surface area (Å²) in [4.78, 5) is 23.8. The van der Waals surface area contributed by atoms with E-state index in [1.165, 1.54) is 37.4 Å². The molecule has 2 aromatic rings. The van der Waals surface area contributed by atoms with Crippen LogP contribution in [0.2, 0.25) is 5.02 Å². The van der Waals surface area contributed by atoms with Crippen LogP contribution in [-0.4, -0.2) is 23.8 Å². The fourth-order valence-electron chi connectivity index (χ4n) is 1.80. The molecular weight excluding hydrogens is 278 g/mol. The second-order valence-corrected chi connectivity index (χ2v) is 4.53. The van der Waals surface area contributed by atoms with Crippen LogP contribution in [0.25, 0.3) is 0 Å². The summed E-state index contributed by atoms with van der Waals surface area (Å²) in [6.45, 7) is 0. The first-order valence-corrected chi connectivity index (χ1v) is 6.26. The zero-order valence-electron chi connectivity index (χ0n) is 10.7. The molecule has 4 nitrogen and oxygen atoms in total. The molecule has 0 saturated heterocycles. The number of hydrogen-bond acceptors (Lipinski definition) is 3. The lowest BCUT2D eigenvalue weighted by molar-refractivity contribution is 0.0961. The molecule has 0 aliphatic carbocycles. The van der Waals surface area contributed by atoms with Crippen LogP contribution in [0.3, 0.4) is 0 Å². The molecule has 0 heterocycles. The number of hydrogen-bond donors (Lipinski definition) is 2. The molecule has 0 atom stereocenters. The van der Waals surface area contributed by atoms with Crippen LogP contribution < -0.4 is 5.32 Å². The van der Waals surface area contributed by atoms with Gasteiger partial charge >= 0.3 is 0 Å². The van der Waals surface area contributed by atoms with E-state index in [0.717, 1.165) is 0 Å². The highest BCUT2D eigenvalue weighted by Crippen LogP contribution is 2.25. The van der Waals surface area contributed by atoms with Crippen molar-refractivity contribution in [1.29, 1.82) is 0 Å². The van der Waals surface area contributed by atoms with Crippen molar-refractivity contribution in [1.82, 2.24) is 5.32 Å². The first kappa shape index (κ1) is 14.1. The van der Waals surface area contributed by atoms with E-state index in [4.69, 9.17) is 11.6 Å². The van der Waals surface area contributed by atoms with Gasteiger partial charge in [-0.25, -0.2) is 0 Å². The minimum Gasteiger partial charge on any atom is -0.507 e. The van der Waals surface area contributed by atoms with Crippen LogP contribution in [-0.2, 0) is 0 Å². The smallest absolute Gasteiger partial charge is 0.251 e. The van der Waals surface area contributed by atoms with Gasteiger partial charge in [0, 0.05) is 18.2 Å². The molecule has 1 amide bonds. The Hall–Kier alpha value is -2.33. The SMILES string of the molecule is CNC(=O)c1ccc(C(=O)c2ccccc2O)c(Cl)c1. The van der Waals surface area contributed by atoms with Gasteiger partial charge in [-0.3, -0.25) is 9.59 Å². The molecule has 5 heteroatoms. The van der Waals surface area contributed by atoms with E-state index < -0.39 is 5.78 Å². The van der Waals surface area contributed by atoms with Crippen molar-refractivity contribution >= 4 is 23.3 Å². The van der Waals surface area contributed by atoms with Crippen LogP contribution in [0.4, 0.5) is 0 Å². The fraction of sp³-hybridized carbons (Fsp3) is 0.0667. The van der Waals surface area contributed by atoms with Gasteiger partial charge in [0.05, 0.1) is 10.6 Å². The molecular formula is C15H12ClNO3. The van der Waals surface area contributed by atoms with Gasteiger partial charge in [-0.1, -0.05) is 23.7 Å². The summed E-state index contributed by atoms with van der Waals surface area (Å²) < 4.78 is 0. The van der Waals surface area contributed by atoms with E-state index in [9.17, 15) is 14.7 Å². The van der Waals surface area contributed by atoms with Gasteiger partial charge in [0.2, 0.25) is 0 Å². The fourth-order valence-corrected chi connectivity index (χ4v) is 2.06. The normalized spacial score (nSPS) is 10.1. The largest absolute Gasteiger partial charge is 0.507 e. The molecule has 20 heavy (non-hydrogen) atoms. The molecule has 0 radical (unpaired) electrons. The standard InChI is InChI=1S/C15H12ClNO3/c1-17-15(20)9-6-7-10(12(16)8-9)14(19)11-4-2-3-5-13(11)18/h2-8,18H,1H3,(H,17,20). The molecule has 0 unspecified atom stereocenters. The molecule has 0 aliphatic heterocycles. The number of halogens is 1. The minimum absolute atomic E-state index is 0.107. The maximum atomic E-state index is 12.3. The first-order valence-electron chi connectivity index (χ1n) is 5.89. The first-order chi connectivity index (χ1) is 9.54. The zero-order valence-corrected chi connectivity index (χ0v) is 11.4. The Balaban J connectivity index is 2.42. The Bertz CT molecular complexity index is 683. The van der Waals surface area contributed by atoms with Gasteiger partial charge in [-0.2, -0.15) is 0 Å². The quantitative estimate of drug-likeness (QED) is 0.854. The molecule has 0 aromatic heterocycles. The third kappa shape index (κ3) is 2.65. The molecule has 102 valence electrons. The summed E-state index contributed by atoms with van der Waals surface area (Å²) in [6, 6.07) is 10.6. The van der Waals surface area contributed by atoms with Gasteiger partial charge < -0.3 is 10.4 Å². The highest BCUT2D eigenvalue weighted by molar-refractivity contribution is 6.35. The molecule has 0 bridgehead atoms. The van der Waals surface area contributed by atoms with Crippen molar-refractivity contribution in [3.8, 4) is 5.75 Å². The van der Waals surface area contributed by atoms with Crippen LogP contribution in [0.5, 0.6) is 5.75 Å². The van der Waals surface area contributed by atoms with Crippen LogP contribution in [0.1, 0.15) is 26.3 Å². The second kappa shape index (κ2) is 5.75. The van der Waals surface area contributed by atoms with Crippen molar-refractivity contribution in [3.63, 3.8) is 0 Å². The van der Waals surface area contributed by atoms with Gasteiger partial charge in [-0.05, 0) is 30.3 Å². The molecule has 0 spiro atoms. The number of aromatic hydroxyl groups is 1. The molecule has 0 fully saturated rings. The van der Waals surface area contributed by atoms with E-state index in [0.29, 0.717) is 5.56 Å². The third-order valence-electron chi connectivity index (χ3n) is 2.85. The molecule has 2 N–H and O–H groups in total. The lowest BCUT2D eigenvalue weighted by Crippen LogP contribution is -2.18. The Morgan fingerprint density at radius 2 is 1.80 bits per heavy atom. The monoisotopic (exact) mass is 289 g/mol. The number of phenols is 1. The number of rotatable bonds is 3. The number of nitrogens with one attached hydrogen (secondary N) is 1. The van der Waals surface area contributed by atoms with Gasteiger partial charge in [-0.15, -0.1) is 0 Å². The molecule has 2 aromatic carbocycles. The van der Waals surface area contributed by atoms with Crippen LogP contribution >= 0.6 is 11.6 Å². The topological polar surface area (TPSA) is 66.4 Å². The van der Waals surface area contributed by atoms with Gasteiger partial charge in [0.25, 0.3) is 5.91 Å². The molecule has 0 saturated carbocycles. The zero-order chi connectivity index (χ0) is 14.7. The summed E-state index contributed by atoms with van der Waals surface area (Å²) in [5.74, 6) is -0.783. The average molecular weight is 290 g/mol. The summed E-state index contributed by atoms with van der Waals surface area (Å²) in [5, 5.41) is 12.3. The van der Waals surface area contributed by atoms with Crippen molar-refractivity contribution in [2.75, 3.05) is 7.05 Å². The van der Waals surface area contributed by atoms with Crippen LogP contribution in [0, 0.1) is 0 Å². The summed E-state index contributed by atoms with van der Waals surface area (Å²) >= 11 is 6.05. The van der Waals surface area contributed by atoms with Crippen molar-refractivity contribution in [2.45, 2.75) is 0 Å². The van der Waals surface area contributed by atoms with E-state index in [1.54, 1.807) is 12.1 Å². The van der Waals surface area contributed by atoms with E-state index in [1.807, 2.05) is 0 Å². The Kier molecular flexibility index (Phi) is 4.05. The number of para-hydroxylation sites is 1. The summed E-state index contributed by atoms with van der Waals surface area (Å²) in [7, 11) is 1.51. The van der Waals surface area contributed by atoms with Gasteiger partial charge in [0.15, 0.2) is 5.78 Å². The van der Waals surface area contributed by atoms with E-state index in [-0.39, 0.29) is 27.8 Å².